The van der Waals surface area contributed by atoms with E-state index in [9.17, 15) is 0 Å². The standard InChI is InChI=1S/C23H32N2O2/c1-18(15-20-9-10-22(26-2)23(16-20)27-3)24-21-11-13-25(14-12-21)17-19-7-5-4-6-8-19/h4-10,16,18,21,24H,11-15,17H2,1-3H3/p+2/t18-/m1/s1. The van der Waals surface area contributed by atoms with Gasteiger partial charge >= 0.3 is 0 Å². The van der Waals surface area contributed by atoms with Crippen LogP contribution in [-0.4, -0.2) is 39.4 Å². The Hall–Kier alpha value is -2.04. The third-order valence-electron chi connectivity index (χ3n) is 5.64. The minimum atomic E-state index is 0.573. The van der Waals surface area contributed by atoms with Gasteiger partial charge in [-0.15, -0.1) is 0 Å². The zero-order valence-electron chi connectivity index (χ0n) is 16.9. The molecule has 2 aromatic carbocycles. The summed E-state index contributed by atoms with van der Waals surface area (Å²) in [4.78, 5) is 1.72. The molecular formula is C23H34N2O2+2. The van der Waals surface area contributed by atoms with Crippen molar-refractivity contribution in [2.45, 2.75) is 44.8 Å². The second-order valence-electron chi connectivity index (χ2n) is 7.81. The van der Waals surface area contributed by atoms with Crippen molar-refractivity contribution in [1.82, 2.24) is 0 Å². The molecule has 146 valence electrons. The summed E-state index contributed by atoms with van der Waals surface area (Å²) in [5.41, 5.74) is 2.76. The monoisotopic (exact) mass is 370 g/mol. The van der Waals surface area contributed by atoms with E-state index in [0.29, 0.717) is 6.04 Å². The van der Waals surface area contributed by atoms with Crippen molar-refractivity contribution in [2.24, 2.45) is 0 Å². The van der Waals surface area contributed by atoms with Crippen LogP contribution < -0.4 is 19.7 Å². The minimum absolute atomic E-state index is 0.573. The Kier molecular flexibility index (Phi) is 7.13. The number of likely N-dealkylation sites (tertiary alicyclic amines) is 1. The third kappa shape index (κ3) is 5.72. The number of nitrogens with one attached hydrogen (secondary N) is 1. The van der Waals surface area contributed by atoms with E-state index < -0.39 is 0 Å². The number of methoxy groups -OCH3 is 2. The van der Waals surface area contributed by atoms with Crippen LogP contribution in [0.3, 0.4) is 0 Å². The summed E-state index contributed by atoms with van der Waals surface area (Å²) in [6.45, 7) is 6.05. The fourth-order valence-electron chi connectivity index (χ4n) is 4.21. The normalized spacial score (nSPS) is 20.9. The molecule has 0 aromatic heterocycles. The van der Waals surface area contributed by atoms with E-state index in [1.807, 2.05) is 6.07 Å². The molecule has 4 nitrogen and oxygen atoms in total. The molecule has 2 aromatic rings. The molecule has 3 N–H and O–H groups in total. The average molecular weight is 371 g/mol. The van der Waals surface area contributed by atoms with Gasteiger partial charge in [0.25, 0.3) is 0 Å². The number of hydrogen-bond donors (Lipinski definition) is 2. The van der Waals surface area contributed by atoms with Crippen LogP contribution >= 0.6 is 0 Å². The lowest BCUT2D eigenvalue weighted by Crippen LogP contribution is -3.14. The van der Waals surface area contributed by atoms with Crippen LogP contribution in [0.5, 0.6) is 11.5 Å². The molecular weight excluding hydrogens is 336 g/mol. The topological polar surface area (TPSA) is 39.5 Å². The van der Waals surface area contributed by atoms with Crippen molar-refractivity contribution in [3.63, 3.8) is 0 Å². The number of hydrogen-bond acceptors (Lipinski definition) is 2. The minimum Gasteiger partial charge on any atom is -0.493 e. The average Bonchev–Trinajstić information content (AvgIpc) is 2.70. The molecule has 0 amide bonds. The number of quaternary nitrogens is 2. The second kappa shape index (κ2) is 9.77. The van der Waals surface area contributed by atoms with E-state index in [0.717, 1.165) is 30.5 Å². The first-order valence-corrected chi connectivity index (χ1v) is 10.1. The molecule has 3 rings (SSSR count). The molecule has 1 aliphatic heterocycles. The lowest BCUT2D eigenvalue weighted by molar-refractivity contribution is -0.927. The smallest absolute Gasteiger partial charge is 0.160 e. The van der Waals surface area contributed by atoms with E-state index >= 15 is 0 Å². The first kappa shape index (κ1) is 19.7. The van der Waals surface area contributed by atoms with E-state index in [1.165, 1.54) is 37.1 Å². The highest BCUT2D eigenvalue weighted by Gasteiger charge is 2.26. The quantitative estimate of drug-likeness (QED) is 0.738. The van der Waals surface area contributed by atoms with Gasteiger partial charge < -0.3 is 19.7 Å². The summed E-state index contributed by atoms with van der Waals surface area (Å²) in [5.74, 6) is 1.62. The molecule has 0 unspecified atom stereocenters. The highest BCUT2D eigenvalue weighted by atomic mass is 16.5. The zero-order chi connectivity index (χ0) is 19.1. The van der Waals surface area contributed by atoms with E-state index in [1.54, 1.807) is 19.1 Å². The van der Waals surface area contributed by atoms with Crippen LogP contribution in [0, 0.1) is 0 Å². The van der Waals surface area contributed by atoms with Crippen molar-refractivity contribution in [1.29, 1.82) is 0 Å². The maximum Gasteiger partial charge on any atom is 0.160 e. The molecule has 0 saturated carbocycles. The van der Waals surface area contributed by atoms with E-state index in [2.05, 4.69) is 54.7 Å². The van der Waals surface area contributed by atoms with E-state index in [4.69, 9.17) is 9.47 Å². The SMILES string of the molecule is COc1ccc(C[C@@H](C)[NH2+]C2CC[NH+](Cc3ccccc3)CC2)cc1OC. The van der Waals surface area contributed by atoms with Gasteiger partial charge in [0.15, 0.2) is 11.5 Å². The highest BCUT2D eigenvalue weighted by Crippen LogP contribution is 2.27. The Balaban J connectivity index is 1.45. The first-order chi connectivity index (χ1) is 13.2. The number of nitrogens with two attached hydrogens (primary N) is 1. The van der Waals surface area contributed by atoms with Crippen molar-refractivity contribution >= 4 is 0 Å². The first-order valence-electron chi connectivity index (χ1n) is 10.1. The predicted molar refractivity (Wildman–Crippen MR) is 109 cm³/mol. The zero-order valence-corrected chi connectivity index (χ0v) is 16.9. The molecule has 1 atom stereocenters. The Labute approximate surface area is 163 Å². The van der Waals surface area contributed by atoms with Crippen molar-refractivity contribution in [2.75, 3.05) is 27.3 Å². The lowest BCUT2D eigenvalue weighted by Gasteiger charge is -2.29. The van der Waals surface area contributed by atoms with Gasteiger partial charge in [-0.05, 0) is 24.6 Å². The van der Waals surface area contributed by atoms with Gasteiger partial charge in [-0.3, -0.25) is 0 Å². The molecule has 27 heavy (non-hydrogen) atoms. The highest BCUT2D eigenvalue weighted by molar-refractivity contribution is 5.43. The van der Waals surface area contributed by atoms with Crippen LogP contribution in [0.4, 0.5) is 0 Å². The molecule has 1 saturated heterocycles. The molecule has 4 heteroatoms. The Morgan fingerprint density at radius 2 is 1.67 bits per heavy atom. The molecule has 1 aliphatic rings. The summed E-state index contributed by atoms with van der Waals surface area (Å²) in [5, 5.41) is 2.58. The summed E-state index contributed by atoms with van der Waals surface area (Å²) in [6, 6.07) is 18.5. The lowest BCUT2D eigenvalue weighted by atomic mass is 10.0. The van der Waals surface area contributed by atoms with Gasteiger partial charge in [0.05, 0.1) is 39.4 Å². The van der Waals surface area contributed by atoms with E-state index in [-0.39, 0.29) is 0 Å². The maximum atomic E-state index is 5.43. The Bertz CT molecular complexity index is 697. The van der Waals surface area contributed by atoms with Gasteiger partial charge in [-0.25, -0.2) is 0 Å². The molecule has 1 fully saturated rings. The van der Waals surface area contributed by atoms with Crippen molar-refractivity contribution in [3.05, 3.63) is 59.7 Å². The molecule has 0 spiro atoms. The maximum absolute atomic E-state index is 5.43. The second-order valence-corrected chi connectivity index (χ2v) is 7.81. The van der Waals surface area contributed by atoms with Crippen LogP contribution in [0.25, 0.3) is 0 Å². The molecule has 1 heterocycles. The summed E-state index contributed by atoms with van der Waals surface area (Å²) < 4.78 is 10.8. The number of piperidine rings is 1. The van der Waals surface area contributed by atoms with Crippen LogP contribution in [-0.2, 0) is 13.0 Å². The van der Waals surface area contributed by atoms with Gasteiger partial charge in [-0.1, -0.05) is 36.4 Å². The molecule has 0 radical (unpaired) electrons. The van der Waals surface area contributed by atoms with Crippen molar-refractivity contribution < 1.29 is 19.7 Å². The predicted octanol–water partition coefficient (Wildman–Crippen LogP) is 1.45. The van der Waals surface area contributed by atoms with Gasteiger partial charge in [0.1, 0.15) is 6.54 Å². The van der Waals surface area contributed by atoms with Gasteiger partial charge in [0, 0.05) is 24.8 Å². The number of benzene rings is 2. The summed E-state index contributed by atoms with van der Waals surface area (Å²) in [7, 11) is 3.38. The fourth-order valence-corrected chi connectivity index (χ4v) is 4.21. The van der Waals surface area contributed by atoms with Crippen LogP contribution in [0.2, 0.25) is 0 Å². The van der Waals surface area contributed by atoms with Crippen molar-refractivity contribution in [3.8, 4) is 11.5 Å². The van der Waals surface area contributed by atoms with Crippen LogP contribution in [0.15, 0.2) is 48.5 Å². The Morgan fingerprint density at radius 1 is 0.963 bits per heavy atom. The Morgan fingerprint density at radius 3 is 2.33 bits per heavy atom. The summed E-state index contributed by atoms with van der Waals surface area (Å²) in [6.07, 6.45) is 3.66. The van der Waals surface area contributed by atoms with Crippen LogP contribution in [0.1, 0.15) is 30.9 Å². The fraction of sp³-hybridized carbons (Fsp3) is 0.478. The third-order valence-corrected chi connectivity index (χ3v) is 5.64. The summed E-state index contributed by atoms with van der Waals surface area (Å²) >= 11 is 0. The molecule has 0 bridgehead atoms. The number of ether oxygens (including phenoxy) is 2. The largest absolute Gasteiger partial charge is 0.493 e. The molecule has 0 aliphatic carbocycles. The van der Waals surface area contributed by atoms with Gasteiger partial charge in [-0.2, -0.15) is 0 Å². The number of rotatable bonds is 8. The van der Waals surface area contributed by atoms with Gasteiger partial charge in [0.2, 0.25) is 0 Å².